The molecule has 0 atom stereocenters. The van der Waals surface area contributed by atoms with Crippen LogP contribution in [0.3, 0.4) is 0 Å². The van der Waals surface area contributed by atoms with Gasteiger partial charge >= 0.3 is 0 Å². The first-order chi connectivity index (χ1) is 7.58. The molecular weight excluding hydrogens is 268 g/mol. The molecule has 3 N–H and O–H groups in total. The lowest BCUT2D eigenvalue weighted by atomic mass is 10.1. The summed E-state index contributed by atoms with van der Waals surface area (Å²) in [4.78, 5) is 10.5. The van der Waals surface area contributed by atoms with Gasteiger partial charge in [0.25, 0.3) is 0 Å². The number of primary amides is 1. The van der Waals surface area contributed by atoms with Crippen LogP contribution in [0, 0.1) is 0 Å². The van der Waals surface area contributed by atoms with E-state index in [4.69, 9.17) is 5.73 Å². The fourth-order valence-electron chi connectivity index (χ4n) is 1.28. The molecule has 0 aliphatic rings. The van der Waals surface area contributed by atoms with Crippen molar-refractivity contribution in [2.75, 3.05) is 13.1 Å². The summed E-state index contributed by atoms with van der Waals surface area (Å²) in [5.74, 6) is -0.337. The number of halogens is 1. The highest BCUT2D eigenvalue weighted by molar-refractivity contribution is 9.10. The smallest absolute Gasteiger partial charge is 0.231 e. The normalized spacial score (nSPS) is 11.5. The number of rotatable bonds is 5. The Labute approximate surface area is 104 Å². The molecule has 0 aromatic heterocycles. The van der Waals surface area contributed by atoms with Gasteiger partial charge in [-0.05, 0) is 24.6 Å². The molecule has 0 fully saturated rings. The van der Waals surface area contributed by atoms with Gasteiger partial charge in [0.15, 0.2) is 0 Å². The van der Waals surface area contributed by atoms with Crippen molar-refractivity contribution < 1.29 is 4.79 Å². The van der Waals surface area contributed by atoms with Crippen molar-refractivity contribution in [2.24, 2.45) is 5.73 Å². The fraction of sp³-hybridized carbons (Fsp3) is 0.250. The third-order valence-electron chi connectivity index (χ3n) is 1.99. The Morgan fingerprint density at radius 2 is 2.00 bits per heavy atom. The number of nitrogens with two attached hydrogens (primary N) is 1. The molecule has 1 amide bonds. The van der Waals surface area contributed by atoms with Gasteiger partial charge in [0.1, 0.15) is 0 Å². The van der Waals surface area contributed by atoms with Crippen molar-refractivity contribution in [3.05, 3.63) is 39.9 Å². The van der Waals surface area contributed by atoms with Crippen molar-refractivity contribution in [3.8, 4) is 0 Å². The summed E-state index contributed by atoms with van der Waals surface area (Å²) in [5.41, 5.74) is 7.32. The molecule has 86 valence electrons. The van der Waals surface area contributed by atoms with Gasteiger partial charge in [0.2, 0.25) is 5.91 Å². The summed E-state index contributed by atoms with van der Waals surface area (Å²) >= 11 is 3.39. The highest BCUT2D eigenvalue weighted by Gasteiger charge is 1.95. The molecule has 4 heteroatoms. The first-order valence-corrected chi connectivity index (χ1v) is 5.79. The van der Waals surface area contributed by atoms with E-state index in [0.717, 1.165) is 15.6 Å². The molecule has 0 bridgehead atoms. The molecule has 1 aromatic rings. The van der Waals surface area contributed by atoms with E-state index >= 15 is 0 Å². The summed E-state index contributed by atoms with van der Waals surface area (Å²) in [6.07, 6.45) is 2.07. The predicted octanol–water partition coefficient (Wildman–Crippen LogP) is 1.93. The van der Waals surface area contributed by atoms with Crippen LogP contribution in [-0.2, 0) is 4.79 Å². The molecule has 1 rings (SSSR count). The van der Waals surface area contributed by atoms with Gasteiger partial charge in [0.05, 0.1) is 6.54 Å². The third-order valence-corrected chi connectivity index (χ3v) is 2.51. The minimum absolute atomic E-state index is 0.214. The summed E-state index contributed by atoms with van der Waals surface area (Å²) in [7, 11) is 0. The first kappa shape index (κ1) is 12.9. The second-order valence-electron chi connectivity index (χ2n) is 3.61. The molecule has 3 nitrogen and oxygen atoms in total. The highest BCUT2D eigenvalue weighted by Crippen LogP contribution is 2.12. The standard InChI is InChI=1S/C12H15BrN2O/c1-9(7-15-8-12(14)16)6-10-2-4-11(13)5-3-10/h2-6,15H,7-8H2,1H3,(H2,14,16)/b9-6+. The van der Waals surface area contributed by atoms with Crippen LogP contribution in [0.15, 0.2) is 34.3 Å². The van der Waals surface area contributed by atoms with Gasteiger partial charge in [-0.15, -0.1) is 0 Å². The Morgan fingerprint density at radius 3 is 2.56 bits per heavy atom. The van der Waals surface area contributed by atoms with Gasteiger partial charge < -0.3 is 11.1 Å². The van der Waals surface area contributed by atoms with E-state index in [9.17, 15) is 4.79 Å². The lowest BCUT2D eigenvalue weighted by Crippen LogP contribution is -2.29. The fourth-order valence-corrected chi connectivity index (χ4v) is 1.54. The number of hydrogen-bond acceptors (Lipinski definition) is 2. The van der Waals surface area contributed by atoms with Crippen LogP contribution in [0.5, 0.6) is 0 Å². The van der Waals surface area contributed by atoms with Gasteiger partial charge in [-0.3, -0.25) is 4.79 Å². The minimum atomic E-state index is -0.337. The zero-order valence-electron chi connectivity index (χ0n) is 9.16. The van der Waals surface area contributed by atoms with Crippen LogP contribution in [-0.4, -0.2) is 19.0 Å². The Bertz CT molecular complexity index is 385. The summed E-state index contributed by atoms with van der Waals surface area (Å²) < 4.78 is 1.06. The zero-order chi connectivity index (χ0) is 12.0. The minimum Gasteiger partial charge on any atom is -0.369 e. The maximum atomic E-state index is 10.5. The monoisotopic (exact) mass is 282 g/mol. The first-order valence-electron chi connectivity index (χ1n) is 4.99. The lowest BCUT2D eigenvalue weighted by Gasteiger charge is -2.03. The second kappa shape index (κ2) is 6.45. The number of benzene rings is 1. The van der Waals surface area contributed by atoms with Crippen LogP contribution in [0.1, 0.15) is 12.5 Å². The largest absolute Gasteiger partial charge is 0.369 e. The molecule has 0 spiro atoms. The van der Waals surface area contributed by atoms with Gasteiger partial charge in [0, 0.05) is 11.0 Å². The summed E-state index contributed by atoms with van der Waals surface area (Å²) in [6.45, 7) is 2.89. The topological polar surface area (TPSA) is 55.1 Å². The number of carbonyl (C=O) groups is 1. The lowest BCUT2D eigenvalue weighted by molar-refractivity contribution is -0.117. The highest BCUT2D eigenvalue weighted by atomic mass is 79.9. The van der Waals surface area contributed by atoms with E-state index in [1.807, 2.05) is 31.2 Å². The number of nitrogens with one attached hydrogen (secondary N) is 1. The quantitative estimate of drug-likeness (QED) is 0.867. The molecule has 0 saturated heterocycles. The molecule has 1 aromatic carbocycles. The van der Waals surface area contributed by atoms with E-state index in [0.29, 0.717) is 6.54 Å². The number of amides is 1. The molecule has 0 unspecified atom stereocenters. The van der Waals surface area contributed by atoms with Crippen LogP contribution in [0.4, 0.5) is 0 Å². The Morgan fingerprint density at radius 1 is 1.38 bits per heavy atom. The summed E-state index contributed by atoms with van der Waals surface area (Å²) in [6, 6.07) is 8.05. The van der Waals surface area contributed by atoms with Crippen molar-refractivity contribution in [1.82, 2.24) is 5.32 Å². The number of hydrogen-bond donors (Lipinski definition) is 2. The van der Waals surface area contributed by atoms with Crippen LogP contribution >= 0.6 is 15.9 Å². The Balaban J connectivity index is 2.49. The van der Waals surface area contributed by atoms with Crippen molar-refractivity contribution >= 4 is 27.9 Å². The van der Waals surface area contributed by atoms with Crippen LogP contribution in [0.25, 0.3) is 6.08 Å². The SMILES string of the molecule is C/C(=C\c1ccc(Br)cc1)CNCC(N)=O. The Kier molecular flexibility index (Phi) is 5.22. The maximum absolute atomic E-state index is 10.5. The van der Waals surface area contributed by atoms with Crippen LogP contribution in [0.2, 0.25) is 0 Å². The van der Waals surface area contributed by atoms with Crippen molar-refractivity contribution in [1.29, 1.82) is 0 Å². The molecule has 16 heavy (non-hydrogen) atoms. The summed E-state index contributed by atoms with van der Waals surface area (Å²) in [5, 5.41) is 2.96. The van der Waals surface area contributed by atoms with Gasteiger partial charge in [-0.25, -0.2) is 0 Å². The molecule has 0 aliphatic heterocycles. The van der Waals surface area contributed by atoms with E-state index in [1.54, 1.807) is 0 Å². The van der Waals surface area contributed by atoms with Gasteiger partial charge in [-0.1, -0.05) is 39.7 Å². The van der Waals surface area contributed by atoms with E-state index in [-0.39, 0.29) is 12.5 Å². The molecule has 0 saturated carbocycles. The van der Waals surface area contributed by atoms with Crippen molar-refractivity contribution in [3.63, 3.8) is 0 Å². The average molecular weight is 283 g/mol. The zero-order valence-corrected chi connectivity index (χ0v) is 10.8. The van der Waals surface area contributed by atoms with Crippen molar-refractivity contribution in [2.45, 2.75) is 6.92 Å². The molecule has 0 radical (unpaired) electrons. The van der Waals surface area contributed by atoms with E-state index < -0.39 is 0 Å². The molecule has 0 heterocycles. The molecule has 0 aliphatic carbocycles. The average Bonchev–Trinajstić information content (AvgIpc) is 2.21. The van der Waals surface area contributed by atoms with Gasteiger partial charge in [-0.2, -0.15) is 0 Å². The third kappa shape index (κ3) is 5.09. The Hall–Kier alpha value is -1.13. The maximum Gasteiger partial charge on any atom is 0.231 e. The number of carbonyl (C=O) groups excluding carboxylic acids is 1. The second-order valence-corrected chi connectivity index (χ2v) is 4.53. The van der Waals surface area contributed by atoms with Crippen LogP contribution < -0.4 is 11.1 Å². The van der Waals surface area contributed by atoms with E-state index in [1.165, 1.54) is 0 Å². The van der Waals surface area contributed by atoms with E-state index in [2.05, 4.69) is 27.3 Å². The predicted molar refractivity (Wildman–Crippen MR) is 69.9 cm³/mol. The molecular formula is C12H15BrN2O.